The molecule has 0 radical (unpaired) electrons. The van der Waals surface area contributed by atoms with Gasteiger partial charge in [-0.15, -0.1) is 0 Å². The van der Waals surface area contributed by atoms with E-state index < -0.39 is 0 Å². The second kappa shape index (κ2) is 9.04. The second-order valence-electron chi connectivity index (χ2n) is 6.90. The zero-order chi connectivity index (χ0) is 21.6. The predicted molar refractivity (Wildman–Crippen MR) is 120 cm³/mol. The van der Waals surface area contributed by atoms with Crippen LogP contribution in [-0.2, 0) is 4.79 Å². The summed E-state index contributed by atoms with van der Waals surface area (Å²) in [5, 5.41) is 3.32. The van der Waals surface area contributed by atoms with E-state index in [1.54, 1.807) is 18.6 Å². The molecule has 7 heteroatoms. The molecule has 2 aromatic carbocycles. The topological polar surface area (TPSA) is 89.0 Å². The van der Waals surface area contributed by atoms with Crippen molar-refractivity contribution in [2.24, 2.45) is 0 Å². The Labute approximate surface area is 180 Å². The number of hydrogen-bond acceptors (Lipinski definition) is 6. The van der Waals surface area contributed by atoms with E-state index in [1.165, 1.54) is 6.92 Å². The van der Waals surface area contributed by atoms with Crippen LogP contribution in [0.1, 0.15) is 12.5 Å². The van der Waals surface area contributed by atoms with Crippen molar-refractivity contribution < 1.29 is 9.63 Å². The lowest BCUT2D eigenvalue weighted by Crippen LogP contribution is -2.23. The standard InChI is InChI=1S/C24H21N5O2/c1-16-21(18-8-10-20(11-9-18)31-29-17(2)30)6-3-7-22(16)27-24-26-14-12-23(28-24)19-5-4-13-25-15-19/h3-15H,1-2H3,(H,29,30)(H,26,27,28). The Morgan fingerprint density at radius 2 is 1.77 bits per heavy atom. The maximum atomic E-state index is 11.0. The van der Waals surface area contributed by atoms with Gasteiger partial charge >= 0.3 is 0 Å². The van der Waals surface area contributed by atoms with E-state index in [2.05, 4.69) is 31.8 Å². The highest BCUT2D eigenvalue weighted by atomic mass is 16.7. The highest BCUT2D eigenvalue weighted by Crippen LogP contribution is 2.31. The van der Waals surface area contributed by atoms with Crippen molar-refractivity contribution in [2.75, 3.05) is 5.32 Å². The molecule has 4 aromatic rings. The lowest BCUT2D eigenvalue weighted by molar-refractivity contribution is -0.125. The Kier molecular flexibility index (Phi) is 5.84. The zero-order valence-corrected chi connectivity index (χ0v) is 17.2. The average Bonchev–Trinajstić information content (AvgIpc) is 2.80. The molecular weight excluding hydrogens is 390 g/mol. The van der Waals surface area contributed by atoms with Gasteiger partial charge in [0, 0.05) is 36.8 Å². The Bertz CT molecular complexity index is 1190. The lowest BCUT2D eigenvalue weighted by atomic mass is 9.99. The number of benzene rings is 2. The molecule has 0 bridgehead atoms. The normalized spacial score (nSPS) is 10.4. The predicted octanol–water partition coefficient (Wildman–Crippen LogP) is 4.69. The highest BCUT2D eigenvalue weighted by Gasteiger charge is 2.09. The Morgan fingerprint density at radius 1 is 0.935 bits per heavy atom. The fraction of sp³-hybridized carbons (Fsp3) is 0.0833. The van der Waals surface area contributed by atoms with E-state index in [1.807, 2.05) is 61.5 Å². The number of hydrogen-bond donors (Lipinski definition) is 2. The van der Waals surface area contributed by atoms with Crippen molar-refractivity contribution in [3.63, 3.8) is 0 Å². The monoisotopic (exact) mass is 411 g/mol. The van der Waals surface area contributed by atoms with Gasteiger partial charge in [-0.1, -0.05) is 24.3 Å². The third-order valence-electron chi connectivity index (χ3n) is 4.67. The van der Waals surface area contributed by atoms with Crippen LogP contribution in [0, 0.1) is 6.92 Å². The molecule has 0 aliphatic heterocycles. The van der Waals surface area contributed by atoms with Crippen LogP contribution in [0.15, 0.2) is 79.3 Å². The van der Waals surface area contributed by atoms with Crippen molar-refractivity contribution in [1.82, 2.24) is 20.4 Å². The minimum atomic E-state index is -0.256. The largest absolute Gasteiger partial charge is 0.380 e. The molecule has 0 fully saturated rings. The molecule has 0 saturated heterocycles. The van der Waals surface area contributed by atoms with Gasteiger partial charge in [-0.05, 0) is 60.0 Å². The first kappa shape index (κ1) is 20.0. The van der Waals surface area contributed by atoms with Gasteiger partial charge < -0.3 is 10.2 Å². The molecule has 0 spiro atoms. The van der Waals surface area contributed by atoms with E-state index in [4.69, 9.17) is 4.84 Å². The Hall–Kier alpha value is -4.26. The molecule has 154 valence electrons. The number of anilines is 2. The van der Waals surface area contributed by atoms with Crippen molar-refractivity contribution in [1.29, 1.82) is 0 Å². The number of carbonyl (C=O) groups excluding carboxylic acids is 1. The molecule has 0 saturated carbocycles. The first-order valence-electron chi connectivity index (χ1n) is 9.74. The summed E-state index contributed by atoms with van der Waals surface area (Å²) < 4.78 is 0. The molecule has 2 N–H and O–H groups in total. The number of rotatable bonds is 6. The number of nitrogens with zero attached hydrogens (tertiary/aromatic N) is 3. The van der Waals surface area contributed by atoms with Gasteiger partial charge in [-0.25, -0.2) is 9.97 Å². The number of amides is 1. The third kappa shape index (κ3) is 4.84. The summed E-state index contributed by atoms with van der Waals surface area (Å²) in [7, 11) is 0. The smallest absolute Gasteiger partial charge is 0.249 e. The van der Waals surface area contributed by atoms with Crippen LogP contribution in [-0.4, -0.2) is 20.9 Å². The van der Waals surface area contributed by atoms with Gasteiger partial charge in [0.1, 0.15) is 0 Å². The molecule has 0 aliphatic rings. The van der Waals surface area contributed by atoms with E-state index in [9.17, 15) is 4.79 Å². The van der Waals surface area contributed by atoms with Crippen molar-refractivity contribution in [3.05, 3.63) is 84.8 Å². The summed E-state index contributed by atoms with van der Waals surface area (Å²) in [6.45, 7) is 3.44. The molecule has 0 aliphatic carbocycles. The third-order valence-corrected chi connectivity index (χ3v) is 4.67. The van der Waals surface area contributed by atoms with Gasteiger partial charge in [0.25, 0.3) is 0 Å². The van der Waals surface area contributed by atoms with Gasteiger partial charge in [-0.3, -0.25) is 9.78 Å². The molecule has 2 heterocycles. The van der Waals surface area contributed by atoms with Gasteiger partial charge in [-0.2, -0.15) is 5.48 Å². The van der Waals surface area contributed by atoms with E-state index in [-0.39, 0.29) is 5.91 Å². The maximum absolute atomic E-state index is 11.0. The molecular formula is C24H21N5O2. The Morgan fingerprint density at radius 3 is 2.52 bits per heavy atom. The van der Waals surface area contributed by atoms with E-state index in [0.717, 1.165) is 33.6 Å². The highest BCUT2D eigenvalue weighted by molar-refractivity contribution is 5.76. The van der Waals surface area contributed by atoms with Crippen LogP contribution >= 0.6 is 0 Å². The minimum Gasteiger partial charge on any atom is -0.380 e. The van der Waals surface area contributed by atoms with Crippen molar-refractivity contribution in [3.8, 4) is 28.1 Å². The fourth-order valence-corrected chi connectivity index (χ4v) is 3.13. The summed E-state index contributed by atoms with van der Waals surface area (Å²) in [6, 6.07) is 19.2. The number of hydroxylamine groups is 1. The lowest BCUT2D eigenvalue weighted by Gasteiger charge is -2.13. The zero-order valence-electron chi connectivity index (χ0n) is 17.2. The summed E-state index contributed by atoms with van der Waals surface area (Å²) in [6.07, 6.45) is 5.24. The Balaban J connectivity index is 1.57. The first-order chi connectivity index (χ1) is 15.1. The van der Waals surface area contributed by atoms with Gasteiger partial charge in [0.15, 0.2) is 5.75 Å². The minimum absolute atomic E-state index is 0.256. The number of aromatic nitrogens is 3. The molecule has 0 unspecified atom stereocenters. The van der Waals surface area contributed by atoms with Crippen LogP contribution in [0.2, 0.25) is 0 Å². The molecule has 4 rings (SSSR count). The summed E-state index contributed by atoms with van der Waals surface area (Å²) >= 11 is 0. The second-order valence-corrected chi connectivity index (χ2v) is 6.90. The number of pyridine rings is 1. The fourth-order valence-electron chi connectivity index (χ4n) is 3.13. The summed E-state index contributed by atoms with van der Waals surface area (Å²) in [5.74, 6) is 0.820. The van der Waals surface area contributed by atoms with Crippen LogP contribution in [0.25, 0.3) is 22.4 Å². The van der Waals surface area contributed by atoms with Gasteiger partial charge in [0.05, 0.1) is 5.69 Å². The molecule has 0 atom stereocenters. The SMILES string of the molecule is CC(=O)NOc1ccc(-c2cccc(Nc3nccc(-c4cccnc4)n3)c2C)cc1. The van der Waals surface area contributed by atoms with E-state index in [0.29, 0.717) is 11.7 Å². The van der Waals surface area contributed by atoms with Crippen LogP contribution in [0.3, 0.4) is 0 Å². The summed E-state index contributed by atoms with van der Waals surface area (Å²) in [5.41, 5.74) is 8.13. The molecule has 7 nitrogen and oxygen atoms in total. The maximum Gasteiger partial charge on any atom is 0.249 e. The van der Waals surface area contributed by atoms with Crippen molar-refractivity contribution >= 4 is 17.5 Å². The van der Waals surface area contributed by atoms with E-state index >= 15 is 0 Å². The van der Waals surface area contributed by atoms with Gasteiger partial charge in [0.2, 0.25) is 11.9 Å². The molecule has 1 amide bonds. The first-order valence-corrected chi connectivity index (χ1v) is 9.74. The number of nitrogens with one attached hydrogen (secondary N) is 2. The molecule has 31 heavy (non-hydrogen) atoms. The van der Waals surface area contributed by atoms with Crippen LogP contribution in [0.4, 0.5) is 11.6 Å². The van der Waals surface area contributed by atoms with Crippen LogP contribution < -0.4 is 15.6 Å². The quantitative estimate of drug-likeness (QED) is 0.448. The van der Waals surface area contributed by atoms with Crippen molar-refractivity contribution in [2.45, 2.75) is 13.8 Å². The summed E-state index contributed by atoms with van der Waals surface area (Å²) in [4.78, 5) is 29.3. The molecule has 2 aromatic heterocycles. The number of carbonyl (C=O) groups is 1. The average molecular weight is 411 g/mol. The van der Waals surface area contributed by atoms with Crippen LogP contribution in [0.5, 0.6) is 5.75 Å².